The summed E-state index contributed by atoms with van der Waals surface area (Å²) in [6.07, 6.45) is 0. The van der Waals surface area contributed by atoms with Gasteiger partial charge in [0, 0.05) is 19.9 Å². The third kappa shape index (κ3) is 2.48. The van der Waals surface area contributed by atoms with Gasteiger partial charge in [-0.25, -0.2) is 4.98 Å². The molecule has 5 aromatic rings. The number of benzene rings is 4. The minimum atomic E-state index is 0.651. The van der Waals surface area contributed by atoms with Crippen molar-refractivity contribution in [3.8, 4) is 11.5 Å². The molecule has 0 spiro atoms. The Kier molecular flexibility index (Phi) is 3.43. The lowest BCUT2D eigenvalue weighted by Gasteiger charge is -2.03. The number of halogens is 2. The molecule has 0 N–H and O–H groups in total. The molecule has 0 saturated carbocycles. The van der Waals surface area contributed by atoms with Crippen LogP contribution in [0.5, 0.6) is 0 Å². The Morgan fingerprint density at radius 1 is 0.720 bits per heavy atom. The Morgan fingerprint density at radius 3 is 2.24 bits per heavy atom. The van der Waals surface area contributed by atoms with Gasteiger partial charge in [0.15, 0.2) is 5.58 Å². The van der Waals surface area contributed by atoms with Gasteiger partial charge in [-0.15, -0.1) is 0 Å². The molecule has 0 atom stereocenters. The first-order chi connectivity index (χ1) is 12.2. The SMILES string of the molecule is Brc1ccc2c(-c3nc4c(ccc5cc(Br)ccc54)o3)cccc2c1. The number of oxazole rings is 1. The quantitative estimate of drug-likeness (QED) is 0.266. The first-order valence-corrected chi connectivity index (χ1v) is 9.45. The van der Waals surface area contributed by atoms with Gasteiger partial charge in [-0.2, -0.15) is 0 Å². The summed E-state index contributed by atoms with van der Waals surface area (Å²) in [6.45, 7) is 0. The lowest BCUT2D eigenvalue weighted by Crippen LogP contribution is -1.81. The van der Waals surface area contributed by atoms with Crippen LogP contribution in [0.4, 0.5) is 0 Å². The molecule has 0 unspecified atom stereocenters. The normalized spacial score (nSPS) is 11.6. The Morgan fingerprint density at radius 2 is 1.44 bits per heavy atom. The van der Waals surface area contributed by atoms with E-state index in [9.17, 15) is 0 Å². The van der Waals surface area contributed by atoms with E-state index in [0.29, 0.717) is 5.89 Å². The highest BCUT2D eigenvalue weighted by Crippen LogP contribution is 2.34. The lowest BCUT2D eigenvalue weighted by atomic mass is 10.0. The van der Waals surface area contributed by atoms with Crippen LogP contribution >= 0.6 is 31.9 Å². The number of rotatable bonds is 1. The molecule has 2 nitrogen and oxygen atoms in total. The van der Waals surface area contributed by atoms with Gasteiger partial charge in [-0.3, -0.25) is 0 Å². The number of fused-ring (bicyclic) bond motifs is 4. The van der Waals surface area contributed by atoms with Crippen LogP contribution in [0.3, 0.4) is 0 Å². The van der Waals surface area contributed by atoms with Crippen LogP contribution in [-0.4, -0.2) is 4.98 Å². The van der Waals surface area contributed by atoms with E-state index in [1.165, 1.54) is 0 Å². The van der Waals surface area contributed by atoms with Crippen molar-refractivity contribution in [1.82, 2.24) is 4.98 Å². The van der Waals surface area contributed by atoms with E-state index in [2.05, 4.69) is 74.3 Å². The third-order valence-corrected chi connectivity index (χ3v) is 5.40. The topological polar surface area (TPSA) is 26.0 Å². The first-order valence-electron chi connectivity index (χ1n) is 7.86. The molecule has 0 aliphatic carbocycles. The van der Waals surface area contributed by atoms with E-state index in [4.69, 9.17) is 9.40 Å². The predicted molar refractivity (Wildman–Crippen MR) is 110 cm³/mol. The van der Waals surface area contributed by atoms with E-state index in [1.807, 2.05) is 24.3 Å². The first kappa shape index (κ1) is 15.1. The lowest BCUT2D eigenvalue weighted by molar-refractivity contribution is 0.620. The van der Waals surface area contributed by atoms with Crippen molar-refractivity contribution >= 4 is 64.5 Å². The van der Waals surface area contributed by atoms with Gasteiger partial charge in [-0.1, -0.05) is 62.2 Å². The third-order valence-electron chi connectivity index (χ3n) is 4.41. The van der Waals surface area contributed by atoms with Crippen LogP contribution in [0.25, 0.3) is 44.1 Å². The Balaban J connectivity index is 1.80. The molecule has 0 amide bonds. The zero-order valence-corrected chi connectivity index (χ0v) is 16.1. The molecule has 0 saturated heterocycles. The molecule has 4 aromatic carbocycles. The van der Waals surface area contributed by atoms with Crippen molar-refractivity contribution in [3.05, 3.63) is 75.7 Å². The van der Waals surface area contributed by atoms with E-state index >= 15 is 0 Å². The van der Waals surface area contributed by atoms with Crippen molar-refractivity contribution in [1.29, 1.82) is 0 Å². The molecule has 1 aromatic heterocycles. The summed E-state index contributed by atoms with van der Waals surface area (Å²) in [7, 11) is 0. The van der Waals surface area contributed by atoms with Crippen LogP contribution in [0.15, 0.2) is 80.1 Å². The fraction of sp³-hybridized carbons (Fsp3) is 0. The van der Waals surface area contributed by atoms with E-state index < -0.39 is 0 Å². The summed E-state index contributed by atoms with van der Waals surface area (Å²) in [5.41, 5.74) is 2.71. The fourth-order valence-electron chi connectivity index (χ4n) is 3.25. The summed E-state index contributed by atoms with van der Waals surface area (Å²) in [4.78, 5) is 4.82. The monoisotopic (exact) mass is 451 g/mol. The molecule has 0 aliphatic rings. The highest BCUT2D eigenvalue weighted by atomic mass is 79.9. The standard InChI is InChI=1S/C21H11Br2NO/c22-14-5-7-16-12(10-14)2-1-3-18(16)21-24-20-17-8-6-15(23)11-13(17)4-9-19(20)25-21/h1-11H. The van der Waals surface area contributed by atoms with Gasteiger partial charge < -0.3 is 4.42 Å². The maximum atomic E-state index is 6.10. The molecular weight excluding hydrogens is 442 g/mol. The minimum Gasteiger partial charge on any atom is -0.436 e. The summed E-state index contributed by atoms with van der Waals surface area (Å²) in [6, 6.07) is 22.7. The fourth-order valence-corrected chi connectivity index (χ4v) is 4.00. The van der Waals surface area contributed by atoms with Crippen LogP contribution in [-0.2, 0) is 0 Å². The van der Waals surface area contributed by atoms with Crippen molar-refractivity contribution in [2.24, 2.45) is 0 Å². The minimum absolute atomic E-state index is 0.651. The van der Waals surface area contributed by atoms with Gasteiger partial charge in [0.1, 0.15) is 5.52 Å². The maximum Gasteiger partial charge on any atom is 0.227 e. The smallest absolute Gasteiger partial charge is 0.227 e. The van der Waals surface area contributed by atoms with Crippen LogP contribution in [0.1, 0.15) is 0 Å². The number of hydrogen-bond donors (Lipinski definition) is 0. The average molecular weight is 453 g/mol. The molecule has 0 radical (unpaired) electrons. The second-order valence-electron chi connectivity index (χ2n) is 5.97. The number of hydrogen-bond acceptors (Lipinski definition) is 2. The van der Waals surface area contributed by atoms with Gasteiger partial charge in [0.05, 0.1) is 0 Å². The van der Waals surface area contributed by atoms with E-state index in [-0.39, 0.29) is 0 Å². The summed E-state index contributed by atoms with van der Waals surface area (Å²) < 4.78 is 8.22. The average Bonchev–Trinajstić information content (AvgIpc) is 3.05. The predicted octanol–water partition coefficient (Wildman–Crippen LogP) is 7.33. The van der Waals surface area contributed by atoms with Gasteiger partial charge in [-0.05, 0) is 52.6 Å². The van der Waals surface area contributed by atoms with Crippen molar-refractivity contribution in [3.63, 3.8) is 0 Å². The highest BCUT2D eigenvalue weighted by molar-refractivity contribution is 9.10. The van der Waals surface area contributed by atoms with Gasteiger partial charge >= 0.3 is 0 Å². The summed E-state index contributed by atoms with van der Waals surface area (Å²) >= 11 is 7.06. The molecule has 0 fully saturated rings. The molecule has 120 valence electrons. The molecule has 0 bridgehead atoms. The Labute approximate surface area is 160 Å². The van der Waals surface area contributed by atoms with E-state index in [1.54, 1.807) is 0 Å². The summed E-state index contributed by atoms with van der Waals surface area (Å²) in [5.74, 6) is 0.651. The van der Waals surface area contributed by atoms with Gasteiger partial charge in [0.2, 0.25) is 5.89 Å². The van der Waals surface area contributed by atoms with Crippen molar-refractivity contribution in [2.45, 2.75) is 0 Å². The molecule has 0 aliphatic heterocycles. The highest BCUT2D eigenvalue weighted by Gasteiger charge is 2.13. The van der Waals surface area contributed by atoms with Gasteiger partial charge in [0.25, 0.3) is 0 Å². The Bertz CT molecular complexity index is 1270. The molecule has 4 heteroatoms. The molecule has 25 heavy (non-hydrogen) atoms. The molecular formula is C21H11Br2NO. The van der Waals surface area contributed by atoms with Crippen LogP contribution < -0.4 is 0 Å². The van der Waals surface area contributed by atoms with Crippen LogP contribution in [0.2, 0.25) is 0 Å². The van der Waals surface area contributed by atoms with Crippen LogP contribution in [0, 0.1) is 0 Å². The second kappa shape index (κ2) is 5.68. The zero-order chi connectivity index (χ0) is 17.0. The number of aromatic nitrogens is 1. The summed E-state index contributed by atoms with van der Waals surface area (Å²) in [5, 5.41) is 4.52. The van der Waals surface area contributed by atoms with Crippen molar-refractivity contribution < 1.29 is 4.42 Å². The second-order valence-corrected chi connectivity index (χ2v) is 7.80. The Hall–Kier alpha value is -2.17. The molecule has 5 rings (SSSR count). The molecule has 1 heterocycles. The van der Waals surface area contributed by atoms with E-state index in [0.717, 1.165) is 47.2 Å². The maximum absolute atomic E-state index is 6.10. The largest absolute Gasteiger partial charge is 0.436 e. The van der Waals surface area contributed by atoms with Crippen molar-refractivity contribution in [2.75, 3.05) is 0 Å². The zero-order valence-electron chi connectivity index (χ0n) is 13.0. The number of nitrogens with zero attached hydrogens (tertiary/aromatic N) is 1.